The van der Waals surface area contributed by atoms with E-state index in [1.807, 2.05) is 0 Å². The number of rotatable bonds is 2. The van der Waals surface area contributed by atoms with E-state index >= 15 is 0 Å². The van der Waals surface area contributed by atoms with E-state index in [-0.39, 0.29) is 12.4 Å². The minimum absolute atomic E-state index is 0.211. The fraction of sp³-hybridized carbons (Fsp3) is 0.273. The Hall–Kier alpha value is -1.37. The van der Waals surface area contributed by atoms with Crippen molar-refractivity contribution in [2.75, 3.05) is 6.54 Å². The summed E-state index contributed by atoms with van der Waals surface area (Å²) in [5.74, 6) is 5.37. The molecule has 0 radical (unpaired) electrons. The zero-order valence-corrected chi connectivity index (χ0v) is 7.89. The Labute approximate surface area is 83.1 Å². The number of hydrogen-bond donors (Lipinski definition) is 2. The van der Waals surface area contributed by atoms with Gasteiger partial charge in [0.05, 0.1) is 0 Å². The molecule has 0 aromatic heterocycles. The monoisotopic (exact) mass is 192 g/mol. The lowest BCUT2D eigenvalue weighted by molar-refractivity contribution is 0.610. The van der Waals surface area contributed by atoms with Gasteiger partial charge in [-0.15, -0.1) is 0 Å². The van der Waals surface area contributed by atoms with Crippen LogP contribution in [0.4, 0.5) is 4.39 Å². The summed E-state index contributed by atoms with van der Waals surface area (Å²) in [4.78, 5) is 0. The van der Waals surface area contributed by atoms with E-state index < -0.39 is 0 Å². The predicted molar refractivity (Wildman–Crippen MR) is 54.8 cm³/mol. The van der Waals surface area contributed by atoms with Gasteiger partial charge in [-0.25, -0.2) is 4.39 Å². The molecular weight excluding hydrogens is 179 g/mol. The summed E-state index contributed by atoms with van der Waals surface area (Å²) >= 11 is 0. The van der Waals surface area contributed by atoms with Crippen LogP contribution >= 0.6 is 0 Å². The van der Waals surface area contributed by atoms with Gasteiger partial charge in [0, 0.05) is 30.6 Å². The maximum absolute atomic E-state index is 13.2. The summed E-state index contributed by atoms with van der Waals surface area (Å²) in [6.07, 6.45) is 0.625. The summed E-state index contributed by atoms with van der Waals surface area (Å²) in [5, 5.41) is 0. The van der Waals surface area contributed by atoms with E-state index in [4.69, 9.17) is 11.5 Å². The molecular formula is C11H13FN2. The fourth-order valence-corrected chi connectivity index (χ4v) is 1.03. The molecule has 0 fully saturated rings. The second-order valence-corrected chi connectivity index (χ2v) is 2.85. The number of benzene rings is 1. The molecule has 0 unspecified atom stereocenters. The first-order valence-corrected chi connectivity index (χ1v) is 4.45. The minimum atomic E-state index is -0.299. The quantitative estimate of drug-likeness (QED) is 0.686. The van der Waals surface area contributed by atoms with Crippen molar-refractivity contribution < 1.29 is 4.39 Å². The molecule has 0 heterocycles. The van der Waals surface area contributed by atoms with Crippen LogP contribution in [0.2, 0.25) is 0 Å². The van der Waals surface area contributed by atoms with Crippen LogP contribution in [0.5, 0.6) is 0 Å². The van der Waals surface area contributed by atoms with E-state index in [1.54, 1.807) is 12.1 Å². The summed E-state index contributed by atoms with van der Waals surface area (Å²) < 4.78 is 13.2. The Morgan fingerprint density at radius 2 is 2.07 bits per heavy atom. The topological polar surface area (TPSA) is 52.0 Å². The molecule has 0 saturated heterocycles. The predicted octanol–water partition coefficient (Wildman–Crippen LogP) is 0.985. The number of halogens is 1. The van der Waals surface area contributed by atoms with Crippen LogP contribution in [0.3, 0.4) is 0 Å². The first kappa shape index (κ1) is 10.7. The Bertz CT molecular complexity index is 363. The van der Waals surface area contributed by atoms with Gasteiger partial charge in [-0.2, -0.15) is 0 Å². The van der Waals surface area contributed by atoms with Crippen molar-refractivity contribution >= 4 is 0 Å². The molecule has 1 aromatic carbocycles. The molecule has 0 atom stereocenters. The zero-order valence-electron chi connectivity index (χ0n) is 7.89. The van der Waals surface area contributed by atoms with Crippen molar-refractivity contribution in [3.8, 4) is 11.8 Å². The summed E-state index contributed by atoms with van der Waals surface area (Å²) in [5.41, 5.74) is 11.8. The van der Waals surface area contributed by atoms with Gasteiger partial charge < -0.3 is 11.5 Å². The molecule has 3 heteroatoms. The van der Waals surface area contributed by atoms with Crippen molar-refractivity contribution in [3.63, 3.8) is 0 Å². The Morgan fingerprint density at radius 3 is 2.64 bits per heavy atom. The molecule has 74 valence electrons. The molecule has 0 aliphatic rings. The van der Waals surface area contributed by atoms with E-state index in [9.17, 15) is 4.39 Å². The lowest BCUT2D eigenvalue weighted by Gasteiger charge is -1.98. The molecule has 2 nitrogen and oxygen atoms in total. The van der Waals surface area contributed by atoms with E-state index in [0.717, 1.165) is 0 Å². The number of nitrogens with two attached hydrogens (primary N) is 2. The average molecular weight is 192 g/mol. The summed E-state index contributed by atoms with van der Waals surface area (Å²) in [7, 11) is 0. The number of hydrogen-bond acceptors (Lipinski definition) is 2. The molecule has 0 bridgehead atoms. The van der Waals surface area contributed by atoms with E-state index in [0.29, 0.717) is 24.1 Å². The molecule has 0 amide bonds. The van der Waals surface area contributed by atoms with Crippen LogP contribution in [-0.4, -0.2) is 6.54 Å². The van der Waals surface area contributed by atoms with Crippen molar-refractivity contribution in [2.45, 2.75) is 13.0 Å². The third-order valence-electron chi connectivity index (χ3n) is 1.78. The van der Waals surface area contributed by atoms with Gasteiger partial charge in [0.1, 0.15) is 5.82 Å². The molecule has 0 spiro atoms. The highest BCUT2D eigenvalue weighted by Gasteiger charge is 1.99. The molecule has 1 rings (SSSR count). The van der Waals surface area contributed by atoms with E-state index in [2.05, 4.69) is 11.8 Å². The molecule has 4 N–H and O–H groups in total. The Morgan fingerprint density at radius 1 is 1.29 bits per heavy atom. The molecule has 14 heavy (non-hydrogen) atoms. The lowest BCUT2D eigenvalue weighted by atomic mass is 10.1. The largest absolute Gasteiger partial charge is 0.330 e. The van der Waals surface area contributed by atoms with Crippen LogP contribution in [0.15, 0.2) is 18.2 Å². The first-order chi connectivity index (χ1) is 6.77. The maximum atomic E-state index is 13.2. The first-order valence-electron chi connectivity index (χ1n) is 4.45. The Kier molecular flexibility index (Phi) is 4.11. The van der Waals surface area contributed by atoms with Crippen molar-refractivity contribution in [1.29, 1.82) is 0 Å². The highest BCUT2D eigenvalue weighted by atomic mass is 19.1. The van der Waals surface area contributed by atoms with Crippen molar-refractivity contribution in [2.24, 2.45) is 11.5 Å². The fourth-order valence-electron chi connectivity index (χ4n) is 1.03. The molecule has 1 aromatic rings. The smallest absolute Gasteiger partial charge is 0.128 e. The SMILES string of the molecule is NCCC#Cc1ccc(CN)c(F)c1. The molecule has 0 saturated carbocycles. The zero-order chi connectivity index (χ0) is 10.4. The van der Waals surface area contributed by atoms with Gasteiger partial charge in [0.15, 0.2) is 0 Å². The van der Waals surface area contributed by atoms with Gasteiger partial charge in [0.25, 0.3) is 0 Å². The average Bonchev–Trinajstić information content (AvgIpc) is 2.18. The molecule has 0 aliphatic carbocycles. The van der Waals surface area contributed by atoms with Gasteiger partial charge in [-0.1, -0.05) is 17.9 Å². The van der Waals surface area contributed by atoms with Crippen molar-refractivity contribution in [1.82, 2.24) is 0 Å². The third kappa shape index (κ3) is 2.84. The van der Waals surface area contributed by atoms with Crippen molar-refractivity contribution in [3.05, 3.63) is 35.1 Å². The highest BCUT2D eigenvalue weighted by Crippen LogP contribution is 2.08. The second kappa shape index (κ2) is 5.38. The molecule has 0 aliphatic heterocycles. The van der Waals surface area contributed by atoms with Crippen LogP contribution in [0, 0.1) is 17.7 Å². The van der Waals surface area contributed by atoms with E-state index in [1.165, 1.54) is 6.07 Å². The van der Waals surface area contributed by atoms with Crippen LogP contribution < -0.4 is 11.5 Å². The highest BCUT2D eigenvalue weighted by molar-refractivity contribution is 5.36. The lowest BCUT2D eigenvalue weighted by Crippen LogP contribution is -1.99. The Balaban J connectivity index is 2.82. The van der Waals surface area contributed by atoms with Gasteiger partial charge in [-0.3, -0.25) is 0 Å². The summed E-state index contributed by atoms with van der Waals surface area (Å²) in [6, 6.07) is 4.81. The van der Waals surface area contributed by atoms with Crippen LogP contribution in [0.1, 0.15) is 17.5 Å². The minimum Gasteiger partial charge on any atom is -0.330 e. The van der Waals surface area contributed by atoms with Crippen LogP contribution in [0.25, 0.3) is 0 Å². The third-order valence-corrected chi connectivity index (χ3v) is 1.78. The van der Waals surface area contributed by atoms with Crippen LogP contribution in [-0.2, 0) is 6.54 Å². The standard InChI is InChI=1S/C11H13FN2/c12-11-7-9(3-1-2-6-13)4-5-10(11)8-14/h4-5,7H,2,6,8,13-14H2. The normalized spacial score (nSPS) is 9.36. The second-order valence-electron chi connectivity index (χ2n) is 2.85. The van der Waals surface area contributed by atoms with Gasteiger partial charge in [0.2, 0.25) is 0 Å². The van der Waals surface area contributed by atoms with Gasteiger partial charge in [-0.05, 0) is 12.1 Å². The summed E-state index contributed by atoms with van der Waals surface area (Å²) in [6.45, 7) is 0.735. The maximum Gasteiger partial charge on any atom is 0.128 e. The van der Waals surface area contributed by atoms with Gasteiger partial charge >= 0.3 is 0 Å².